The van der Waals surface area contributed by atoms with Gasteiger partial charge in [-0.05, 0) is 10.3 Å². The van der Waals surface area contributed by atoms with Crippen molar-refractivity contribution in [2.75, 3.05) is 0 Å². The third-order valence-electron chi connectivity index (χ3n) is 3.31. The van der Waals surface area contributed by atoms with Crippen LogP contribution < -0.4 is 24.8 Å². The predicted molar refractivity (Wildman–Crippen MR) is 92.4 cm³/mol. The van der Waals surface area contributed by atoms with Crippen LogP contribution >= 0.6 is 8.58 Å². The van der Waals surface area contributed by atoms with Crippen molar-refractivity contribution in [2.24, 2.45) is 5.41 Å². The van der Waals surface area contributed by atoms with Crippen molar-refractivity contribution in [1.82, 2.24) is 0 Å². The Balaban J connectivity index is -0.000000130. The van der Waals surface area contributed by atoms with E-state index in [1.807, 2.05) is 0 Å². The van der Waals surface area contributed by atoms with Gasteiger partial charge in [0, 0.05) is 0 Å². The third kappa shape index (κ3) is 12.8. The minimum atomic E-state index is 0. The molecule has 0 aromatic heterocycles. The molecule has 129 valence electrons. The molecule has 0 nitrogen and oxygen atoms in total. The second kappa shape index (κ2) is 11.1. The summed E-state index contributed by atoms with van der Waals surface area (Å²) in [7, 11) is 1.05. The fraction of sp³-hybridized carbons (Fsp3) is 0.778. The van der Waals surface area contributed by atoms with Gasteiger partial charge < -0.3 is 24.8 Å². The molecule has 0 amide bonds. The maximum atomic E-state index is 3.44. The van der Waals surface area contributed by atoms with E-state index in [1.165, 1.54) is 16.7 Å². The van der Waals surface area contributed by atoms with Gasteiger partial charge >= 0.3 is 26.2 Å². The number of hydrogen-bond donors (Lipinski definition) is 0. The maximum absolute atomic E-state index is 3.44. The average Bonchev–Trinajstić information content (AvgIpc) is 2.24. The fourth-order valence-corrected chi connectivity index (χ4v) is 4.78. The summed E-state index contributed by atoms with van der Waals surface area (Å²) >= 11 is 0. The molecule has 1 aliphatic rings. The summed E-state index contributed by atoms with van der Waals surface area (Å²) in [5.41, 5.74) is 4.39. The van der Waals surface area contributed by atoms with Gasteiger partial charge in [0.05, 0.1) is 0 Å². The third-order valence-corrected chi connectivity index (χ3v) is 4.81. The van der Waals surface area contributed by atoms with Crippen molar-refractivity contribution in [3.63, 3.8) is 0 Å². The van der Waals surface area contributed by atoms with Gasteiger partial charge in [-0.25, -0.2) is 5.57 Å². The van der Waals surface area contributed by atoms with E-state index in [2.05, 4.69) is 82.2 Å². The molecule has 22 heavy (non-hydrogen) atoms. The first-order valence-corrected chi connectivity index (χ1v) is 8.25. The smallest absolute Gasteiger partial charge is 1.00 e. The molecule has 0 aliphatic heterocycles. The Morgan fingerprint density at radius 3 is 1.18 bits per heavy atom. The van der Waals surface area contributed by atoms with E-state index < -0.39 is 0 Å². The molecule has 0 saturated carbocycles. The zero-order valence-electron chi connectivity index (χ0n) is 16.3. The minimum Gasteiger partial charge on any atom is -1.00 e. The number of allylic oxidation sites excluding steroid dienone is 4. The quantitative estimate of drug-likeness (QED) is 0.375. The van der Waals surface area contributed by atoms with Gasteiger partial charge in [-0.15, -0.1) is 15.5 Å². The molecule has 0 bridgehead atoms. The molecule has 1 rings (SSSR count). The largest absolute Gasteiger partial charge is 3.00 e. The second-order valence-electron chi connectivity index (χ2n) is 8.25. The Hall–Kier alpha value is 1.37. The van der Waals surface area contributed by atoms with E-state index in [0.717, 1.165) is 8.58 Å². The van der Waals surface area contributed by atoms with E-state index in [1.54, 1.807) is 0 Å². The van der Waals surface area contributed by atoms with E-state index in [4.69, 9.17) is 0 Å². The van der Waals surface area contributed by atoms with Gasteiger partial charge in [-0.2, -0.15) is 11.1 Å². The Morgan fingerprint density at radius 2 is 1.14 bits per heavy atom. The molecule has 0 fully saturated rings. The van der Waals surface area contributed by atoms with E-state index in [9.17, 15) is 0 Å². The molecule has 1 aliphatic carbocycles. The summed E-state index contributed by atoms with van der Waals surface area (Å²) in [6.45, 7) is 24.7. The first kappa shape index (κ1) is 31.2. The Kier molecular flexibility index (Phi) is 15.7. The summed E-state index contributed by atoms with van der Waals surface area (Å²) in [6.07, 6.45) is 3.44. The van der Waals surface area contributed by atoms with Crippen LogP contribution in [-0.4, -0.2) is 10.3 Å². The Morgan fingerprint density at radius 1 is 0.818 bits per heavy atom. The van der Waals surface area contributed by atoms with Gasteiger partial charge in [-0.1, -0.05) is 74.7 Å². The molecule has 0 N–H and O–H groups in total. The zero-order valence-corrected chi connectivity index (χ0v) is 21.2. The molecule has 1 radical (unpaired) electrons. The van der Waals surface area contributed by atoms with Gasteiger partial charge in [-0.3, -0.25) is 6.08 Å². The number of hydrogen-bond acceptors (Lipinski definition) is 0. The minimum absolute atomic E-state index is 0. The van der Waals surface area contributed by atoms with Crippen LogP contribution in [0.1, 0.15) is 76.2 Å². The summed E-state index contributed by atoms with van der Waals surface area (Å²) < 4.78 is 0. The van der Waals surface area contributed by atoms with Crippen LogP contribution in [-0.2, 0) is 26.2 Å². The summed E-state index contributed by atoms with van der Waals surface area (Å²) in [5.74, 6) is 0. The molecule has 4 heteroatoms. The first-order chi connectivity index (χ1) is 8.16. The van der Waals surface area contributed by atoms with E-state index in [0.29, 0.717) is 10.3 Å². The number of halogens is 2. The maximum Gasteiger partial charge on any atom is 3.00 e. The van der Waals surface area contributed by atoms with Gasteiger partial charge in [0.15, 0.2) is 0 Å². The zero-order chi connectivity index (χ0) is 15.6. The summed E-state index contributed by atoms with van der Waals surface area (Å²) in [6, 6.07) is 0. The standard InChI is InChI=1S/C10H15.C8H19P.2ClH.Zr/c1-7-6-10(4,5)9(3)8(7)2;1-7(2,3)9-8(4,5)6;;;/h1-5H3;9H,1-6H3;2*1H;/q-1;;;;+3/p-2. The van der Waals surface area contributed by atoms with Crippen LogP contribution in [0, 0.1) is 11.5 Å². The van der Waals surface area contributed by atoms with E-state index >= 15 is 0 Å². The Bertz CT molecular complexity index is 371. The molecule has 0 aromatic carbocycles. The van der Waals surface area contributed by atoms with Crippen LogP contribution in [0.5, 0.6) is 0 Å². The SMILES string of the molecule is CC(C)(C)PC(C)(C)C.CC1=[C-]C(C)(C)C(C)=C1C.[Cl-].[Cl-].[Zr+3]. The van der Waals surface area contributed by atoms with Crippen LogP contribution in [0.4, 0.5) is 0 Å². The normalized spacial score (nSPS) is 16.4. The molecule has 0 atom stereocenters. The van der Waals surface area contributed by atoms with Crippen LogP contribution in [0.25, 0.3) is 0 Å². The van der Waals surface area contributed by atoms with E-state index in [-0.39, 0.29) is 56.4 Å². The molecule has 0 unspecified atom stereocenters. The van der Waals surface area contributed by atoms with Crippen molar-refractivity contribution in [3.05, 3.63) is 22.8 Å². The molecule has 0 saturated heterocycles. The fourth-order valence-electron chi connectivity index (χ4n) is 2.53. The second-order valence-corrected chi connectivity index (χ2v) is 11.5. The van der Waals surface area contributed by atoms with Crippen molar-refractivity contribution < 1.29 is 51.0 Å². The average molecular weight is 444 g/mol. The molecule has 0 aromatic rings. The van der Waals surface area contributed by atoms with Crippen LogP contribution in [0.3, 0.4) is 0 Å². The van der Waals surface area contributed by atoms with Crippen molar-refractivity contribution in [1.29, 1.82) is 0 Å². The topological polar surface area (TPSA) is 0 Å². The van der Waals surface area contributed by atoms with Crippen LogP contribution in [0.2, 0.25) is 0 Å². The summed E-state index contributed by atoms with van der Waals surface area (Å²) in [5, 5.41) is 1.02. The molecular weight excluding hydrogens is 409 g/mol. The summed E-state index contributed by atoms with van der Waals surface area (Å²) in [4.78, 5) is 0. The van der Waals surface area contributed by atoms with Gasteiger partial charge in [0.1, 0.15) is 0 Å². The van der Waals surface area contributed by atoms with Crippen molar-refractivity contribution in [2.45, 2.75) is 86.5 Å². The monoisotopic (exact) mass is 441 g/mol. The first-order valence-electron chi connectivity index (χ1n) is 7.25. The van der Waals surface area contributed by atoms with Crippen molar-refractivity contribution in [3.8, 4) is 0 Å². The van der Waals surface area contributed by atoms with Gasteiger partial charge in [0.25, 0.3) is 0 Å². The van der Waals surface area contributed by atoms with Crippen LogP contribution in [0.15, 0.2) is 16.7 Å². The van der Waals surface area contributed by atoms with Crippen molar-refractivity contribution >= 4 is 8.58 Å². The predicted octanol–water partition coefficient (Wildman–Crippen LogP) is 0.379. The number of rotatable bonds is 0. The molecular formula is C18H34Cl2PZr. The van der Waals surface area contributed by atoms with Gasteiger partial charge in [0.2, 0.25) is 0 Å². The molecule has 0 heterocycles. The Labute approximate surface area is 173 Å². The molecule has 0 spiro atoms.